The predicted molar refractivity (Wildman–Crippen MR) is 95.8 cm³/mol. The van der Waals surface area contributed by atoms with Crippen LogP contribution >= 0.6 is 12.2 Å². The van der Waals surface area contributed by atoms with Gasteiger partial charge in [-0.15, -0.1) is 0 Å². The van der Waals surface area contributed by atoms with Gasteiger partial charge in [0.15, 0.2) is 0 Å². The van der Waals surface area contributed by atoms with Crippen LogP contribution in [0.2, 0.25) is 0 Å². The van der Waals surface area contributed by atoms with Crippen LogP contribution in [0.15, 0.2) is 42.0 Å². The third-order valence-electron chi connectivity index (χ3n) is 6.52. The van der Waals surface area contributed by atoms with Crippen LogP contribution in [0.5, 0.6) is 0 Å². The first-order chi connectivity index (χ1) is 10.6. The Morgan fingerprint density at radius 2 is 1.82 bits per heavy atom. The Balaban J connectivity index is 1.81. The van der Waals surface area contributed by atoms with E-state index >= 15 is 0 Å². The molecule has 2 unspecified atom stereocenters. The summed E-state index contributed by atoms with van der Waals surface area (Å²) < 4.78 is 0. The molecule has 116 valence electrons. The standard InChI is InChI=1S/C20H25NS/c1-2-6-17-14-9-19(16-7-4-3-5-8-16)10-15(17)12-20(11-14,13-19)18(21)22/h3-8,14-15H,2,9-13H2,1H3,(H2,21,22). The van der Waals surface area contributed by atoms with Crippen molar-refractivity contribution in [3.05, 3.63) is 47.5 Å². The molecule has 1 nitrogen and oxygen atoms in total. The molecular weight excluding hydrogens is 286 g/mol. The van der Waals surface area contributed by atoms with Crippen molar-refractivity contribution in [3.8, 4) is 0 Å². The van der Waals surface area contributed by atoms with Gasteiger partial charge in [0.2, 0.25) is 0 Å². The van der Waals surface area contributed by atoms with Crippen LogP contribution in [-0.4, -0.2) is 4.99 Å². The molecule has 0 radical (unpaired) electrons. The van der Waals surface area contributed by atoms with E-state index in [0.717, 1.165) is 11.4 Å². The highest BCUT2D eigenvalue weighted by Gasteiger charge is 2.60. The average Bonchev–Trinajstić information content (AvgIpc) is 2.51. The average molecular weight is 311 g/mol. The van der Waals surface area contributed by atoms with Crippen LogP contribution in [0.25, 0.3) is 0 Å². The van der Waals surface area contributed by atoms with Gasteiger partial charge in [0.05, 0.1) is 4.99 Å². The lowest BCUT2D eigenvalue weighted by atomic mass is 9.41. The third-order valence-corrected chi connectivity index (χ3v) is 6.95. The molecule has 2 atom stereocenters. The van der Waals surface area contributed by atoms with Gasteiger partial charge in [-0.3, -0.25) is 0 Å². The molecule has 1 aromatic carbocycles. The van der Waals surface area contributed by atoms with Gasteiger partial charge in [-0.2, -0.15) is 0 Å². The fraction of sp³-hybridized carbons (Fsp3) is 0.550. The molecule has 0 heterocycles. The number of hydrogen-bond donors (Lipinski definition) is 1. The summed E-state index contributed by atoms with van der Waals surface area (Å²) in [6, 6.07) is 11.1. The number of rotatable bonds is 3. The van der Waals surface area contributed by atoms with Gasteiger partial charge >= 0.3 is 0 Å². The van der Waals surface area contributed by atoms with Crippen LogP contribution in [0, 0.1) is 17.3 Å². The van der Waals surface area contributed by atoms with Crippen LogP contribution in [0.3, 0.4) is 0 Å². The van der Waals surface area contributed by atoms with E-state index in [1.54, 1.807) is 5.57 Å². The van der Waals surface area contributed by atoms with Crippen molar-refractivity contribution in [2.24, 2.45) is 23.0 Å². The Morgan fingerprint density at radius 1 is 1.18 bits per heavy atom. The van der Waals surface area contributed by atoms with E-state index in [1.165, 1.54) is 37.7 Å². The van der Waals surface area contributed by atoms with Gasteiger partial charge in [-0.05, 0) is 61.3 Å². The van der Waals surface area contributed by atoms with Gasteiger partial charge in [0.1, 0.15) is 0 Å². The Morgan fingerprint density at radius 3 is 2.36 bits per heavy atom. The van der Waals surface area contributed by atoms with Crippen LogP contribution in [0.4, 0.5) is 0 Å². The molecule has 1 aromatic rings. The minimum atomic E-state index is 0.113. The molecule has 4 aliphatic carbocycles. The molecule has 4 saturated carbocycles. The van der Waals surface area contributed by atoms with E-state index in [9.17, 15) is 0 Å². The Labute approximate surface area is 139 Å². The summed E-state index contributed by atoms with van der Waals surface area (Å²) >= 11 is 5.55. The third kappa shape index (κ3) is 1.93. The summed E-state index contributed by atoms with van der Waals surface area (Å²) in [5.74, 6) is 1.39. The maximum Gasteiger partial charge on any atom is 0.0790 e. The molecule has 0 aliphatic heterocycles. The first-order valence-electron chi connectivity index (χ1n) is 8.64. The Bertz CT molecular complexity index is 612. The summed E-state index contributed by atoms with van der Waals surface area (Å²) in [6.45, 7) is 2.26. The topological polar surface area (TPSA) is 26.0 Å². The minimum absolute atomic E-state index is 0.113. The number of benzene rings is 1. The van der Waals surface area contributed by atoms with E-state index in [4.69, 9.17) is 18.0 Å². The van der Waals surface area contributed by atoms with Crippen LogP contribution in [0.1, 0.15) is 51.0 Å². The van der Waals surface area contributed by atoms with Gasteiger partial charge in [0.25, 0.3) is 0 Å². The van der Waals surface area contributed by atoms with Crippen molar-refractivity contribution in [2.75, 3.05) is 0 Å². The molecule has 0 saturated heterocycles. The first kappa shape index (κ1) is 14.4. The van der Waals surface area contributed by atoms with Crippen molar-refractivity contribution in [1.29, 1.82) is 0 Å². The molecule has 22 heavy (non-hydrogen) atoms. The minimum Gasteiger partial charge on any atom is -0.393 e. The van der Waals surface area contributed by atoms with E-state index in [0.29, 0.717) is 17.3 Å². The summed E-state index contributed by atoms with van der Waals surface area (Å²) in [4.78, 5) is 0.776. The second-order valence-corrected chi connectivity index (χ2v) is 8.23. The van der Waals surface area contributed by atoms with Crippen molar-refractivity contribution in [3.63, 3.8) is 0 Å². The Kier molecular flexibility index (Phi) is 3.23. The highest BCUT2D eigenvalue weighted by Crippen LogP contribution is 2.67. The van der Waals surface area contributed by atoms with Gasteiger partial charge in [0, 0.05) is 5.41 Å². The SMILES string of the molecule is CCC=C1C2CC3(C(N)=S)CC1CC(c1ccccc1)(C2)C3. The molecule has 5 rings (SSSR count). The fourth-order valence-electron chi connectivity index (χ4n) is 5.93. The second-order valence-electron chi connectivity index (χ2n) is 7.79. The number of thiocarbonyl (C=S) groups is 1. The van der Waals surface area contributed by atoms with E-state index in [1.807, 2.05) is 0 Å². The van der Waals surface area contributed by atoms with Crippen molar-refractivity contribution in [1.82, 2.24) is 0 Å². The lowest BCUT2D eigenvalue weighted by Gasteiger charge is -2.63. The molecule has 0 spiro atoms. The zero-order valence-electron chi connectivity index (χ0n) is 13.3. The maximum atomic E-state index is 6.26. The van der Waals surface area contributed by atoms with Crippen molar-refractivity contribution >= 4 is 17.2 Å². The quantitative estimate of drug-likeness (QED) is 0.643. The monoisotopic (exact) mass is 311 g/mol. The molecule has 2 N–H and O–H groups in total. The van der Waals surface area contributed by atoms with Gasteiger partial charge in [-0.25, -0.2) is 0 Å². The molecule has 0 amide bonds. The number of hydrogen-bond acceptors (Lipinski definition) is 1. The number of nitrogens with two attached hydrogens (primary N) is 1. The van der Waals surface area contributed by atoms with E-state index < -0.39 is 0 Å². The lowest BCUT2D eigenvalue weighted by Crippen LogP contribution is -2.58. The van der Waals surface area contributed by atoms with E-state index in [2.05, 4.69) is 43.3 Å². The normalized spacial score (nSPS) is 39.0. The lowest BCUT2D eigenvalue weighted by molar-refractivity contribution is 0.00705. The zero-order chi connectivity index (χ0) is 15.4. The highest BCUT2D eigenvalue weighted by atomic mass is 32.1. The van der Waals surface area contributed by atoms with Crippen molar-refractivity contribution < 1.29 is 0 Å². The van der Waals surface area contributed by atoms with Crippen LogP contribution in [-0.2, 0) is 5.41 Å². The molecule has 2 heteroatoms. The summed E-state index contributed by atoms with van der Waals surface area (Å²) in [7, 11) is 0. The zero-order valence-corrected chi connectivity index (χ0v) is 14.2. The first-order valence-corrected chi connectivity index (χ1v) is 9.05. The van der Waals surface area contributed by atoms with E-state index in [-0.39, 0.29) is 5.41 Å². The number of allylic oxidation sites excluding steroid dienone is 2. The molecule has 4 fully saturated rings. The largest absolute Gasteiger partial charge is 0.393 e. The highest BCUT2D eigenvalue weighted by molar-refractivity contribution is 7.80. The molecule has 0 aromatic heterocycles. The molecule has 4 aliphatic rings. The smallest absolute Gasteiger partial charge is 0.0790 e. The molecular formula is C20H25NS. The second kappa shape index (κ2) is 4.92. The maximum absolute atomic E-state index is 6.26. The Hall–Kier alpha value is -1.15. The summed E-state index contributed by atoms with van der Waals surface area (Å²) in [6.07, 6.45) is 9.80. The van der Waals surface area contributed by atoms with Gasteiger partial charge in [-0.1, -0.05) is 61.1 Å². The molecule has 4 bridgehead atoms. The van der Waals surface area contributed by atoms with Crippen LogP contribution < -0.4 is 5.73 Å². The summed E-state index contributed by atoms with van der Waals surface area (Å²) in [5.41, 5.74) is 9.92. The predicted octanol–water partition coefficient (Wildman–Crippen LogP) is 4.76. The van der Waals surface area contributed by atoms with Gasteiger partial charge < -0.3 is 5.73 Å². The fourth-order valence-corrected chi connectivity index (χ4v) is 6.16. The van der Waals surface area contributed by atoms with Crippen molar-refractivity contribution in [2.45, 2.75) is 50.9 Å². The summed E-state index contributed by atoms with van der Waals surface area (Å²) in [5, 5.41) is 0.